The second kappa shape index (κ2) is 6.34. The molecule has 0 bridgehead atoms. The third-order valence-electron chi connectivity index (χ3n) is 1.58. The molecule has 0 fully saturated rings. The number of rotatable bonds is 5. The number of ether oxygens (including phenoxy) is 1. The summed E-state index contributed by atoms with van der Waals surface area (Å²) in [4.78, 5) is 10.7. The predicted octanol–water partition coefficient (Wildman–Crippen LogP) is 0.703. The van der Waals surface area contributed by atoms with E-state index >= 15 is 0 Å². The van der Waals surface area contributed by atoms with Crippen LogP contribution in [0.4, 0.5) is 0 Å². The summed E-state index contributed by atoms with van der Waals surface area (Å²) in [5.41, 5.74) is 0. The van der Waals surface area contributed by atoms with Crippen molar-refractivity contribution in [3.8, 4) is 0 Å². The molecule has 0 saturated heterocycles. The monoisotopic (exact) mass is 187 g/mol. The fourth-order valence-corrected chi connectivity index (χ4v) is 0.754. The normalized spacial score (nSPS) is 10.8. The van der Waals surface area contributed by atoms with Crippen molar-refractivity contribution >= 4 is 19.1 Å². The molecule has 74 valence electrons. The Morgan fingerprint density at radius 1 is 1.54 bits per heavy atom. The minimum absolute atomic E-state index is 0.142. The second-order valence-electron chi connectivity index (χ2n) is 2.48. The molecule has 0 rings (SSSR count). The van der Waals surface area contributed by atoms with Gasteiger partial charge in [0.1, 0.15) is 0 Å². The summed E-state index contributed by atoms with van der Waals surface area (Å²) in [5.74, 6) is -0.721. The Morgan fingerprint density at radius 3 is 2.46 bits per heavy atom. The van der Waals surface area contributed by atoms with Crippen molar-refractivity contribution in [3.63, 3.8) is 0 Å². The topological polar surface area (TPSA) is 61.6 Å². The molecule has 0 aromatic carbocycles. The van der Waals surface area contributed by atoms with Crippen LogP contribution in [0.3, 0.4) is 0 Å². The van der Waals surface area contributed by atoms with E-state index in [1.54, 1.807) is 0 Å². The SMILES string of the molecule is CCB(CC)O/[N+]([O-])=C/C(=O)OC. The molecule has 0 aliphatic rings. The third kappa shape index (κ3) is 5.11. The van der Waals surface area contributed by atoms with Crippen molar-refractivity contribution < 1.29 is 19.2 Å². The Morgan fingerprint density at radius 2 is 2.08 bits per heavy atom. The number of carbonyl (C=O) groups excluding carboxylic acids is 1. The molecular formula is C7H14BNO4. The van der Waals surface area contributed by atoms with Crippen LogP contribution < -0.4 is 0 Å². The third-order valence-corrected chi connectivity index (χ3v) is 1.58. The van der Waals surface area contributed by atoms with Gasteiger partial charge in [-0.1, -0.05) is 26.5 Å². The molecule has 0 aliphatic carbocycles. The summed E-state index contributed by atoms with van der Waals surface area (Å²) in [7, 11) is 1.20. The summed E-state index contributed by atoms with van der Waals surface area (Å²) >= 11 is 0. The first-order valence-electron chi connectivity index (χ1n) is 4.19. The number of hydrogen-bond acceptors (Lipinski definition) is 4. The van der Waals surface area contributed by atoms with E-state index in [-0.39, 0.29) is 11.8 Å². The van der Waals surface area contributed by atoms with Crippen LogP contribution in [-0.4, -0.2) is 31.1 Å². The van der Waals surface area contributed by atoms with Crippen LogP contribution >= 0.6 is 0 Å². The van der Waals surface area contributed by atoms with Gasteiger partial charge in [0.05, 0.1) is 7.11 Å². The van der Waals surface area contributed by atoms with Crippen LogP contribution in [0.25, 0.3) is 0 Å². The Balaban J connectivity index is 4.03. The molecule has 0 radical (unpaired) electrons. The van der Waals surface area contributed by atoms with E-state index in [2.05, 4.69) is 4.74 Å². The van der Waals surface area contributed by atoms with Crippen LogP contribution in [0.1, 0.15) is 13.8 Å². The molecule has 0 unspecified atom stereocenters. The quantitative estimate of drug-likeness (QED) is 0.209. The highest BCUT2D eigenvalue weighted by Crippen LogP contribution is 1.99. The van der Waals surface area contributed by atoms with Crippen molar-refractivity contribution in [3.05, 3.63) is 5.21 Å². The number of hydrogen-bond donors (Lipinski definition) is 0. The van der Waals surface area contributed by atoms with Crippen molar-refractivity contribution in [1.29, 1.82) is 0 Å². The number of methoxy groups -OCH3 is 1. The summed E-state index contributed by atoms with van der Waals surface area (Å²) < 4.78 is 9.10. The van der Waals surface area contributed by atoms with E-state index in [0.717, 1.165) is 18.9 Å². The first-order valence-corrected chi connectivity index (χ1v) is 4.19. The molecule has 13 heavy (non-hydrogen) atoms. The van der Waals surface area contributed by atoms with E-state index < -0.39 is 5.97 Å². The highest BCUT2D eigenvalue weighted by Gasteiger charge is 2.11. The van der Waals surface area contributed by atoms with Gasteiger partial charge in [0.2, 0.25) is 0 Å². The first-order chi connectivity index (χ1) is 6.13. The van der Waals surface area contributed by atoms with Crippen LogP contribution in [0.5, 0.6) is 0 Å². The van der Waals surface area contributed by atoms with E-state index in [1.807, 2.05) is 13.8 Å². The lowest BCUT2D eigenvalue weighted by molar-refractivity contribution is -0.697. The summed E-state index contributed by atoms with van der Waals surface area (Å²) in [6.07, 6.45) is 2.17. The van der Waals surface area contributed by atoms with Gasteiger partial charge in [0, 0.05) is 4.90 Å². The van der Waals surface area contributed by atoms with E-state index in [4.69, 9.17) is 4.76 Å². The van der Waals surface area contributed by atoms with Gasteiger partial charge in [-0.2, -0.15) is 0 Å². The van der Waals surface area contributed by atoms with Crippen molar-refractivity contribution in [1.82, 2.24) is 0 Å². The molecule has 6 heteroatoms. The maximum Gasteiger partial charge on any atom is 0.401 e. The fraction of sp³-hybridized carbons (Fsp3) is 0.714. The van der Waals surface area contributed by atoms with Crippen molar-refractivity contribution in [2.24, 2.45) is 0 Å². The van der Waals surface area contributed by atoms with Gasteiger partial charge >= 0.3 is 12.2 Å². The first kappa shape index (κ1) is 11.8. The zero-order chi connectivity index (χ0) is 10.3. The average Bonchev–Trinajstić information content (AvgIpc) is 2.13. The van der Waals surface area contributed by atoms with Gasteiger partial charge in [-0.25, -0.2) is 4.79 Å². The molecule has 0 saturated carbocycles. The van der Waals surface area contributed by atoms with Crippen molar-refractivity contribution in [2.45, 2.75) is 26.5 Å². The zero-order valence-corrected chi connectivity index (χ0v) is 8.15. The summed E-state index contributed by atoms with van der Waals surface area (Å²) in [6.45, 7) is 3.65. The lowest BCUT2D eigenvalue weighted by Crippen LogP contribution is -2.23. The fourth-order valence-electron chi connectivity index (χ4n) is 0.754. The van der Waals surface area contributed by atoms with Crippen LogP contribution in [0, 0.1) is 5.21 Å². The maximum atomic E-state index is 10.9. The lowest BCUT2D eigenvalue weighted by Gasteiger charge is -2.11. The summed E-state index contributed by atoms with van der Waals surface area (Å²) in [6, 6.07) is 0. The standard InChI is InChI=1S/C7H14BNO4/c1-4-8(5-2)13-9(11)6-7(10)12-3/h6H,4-5H2,1-3H3/b9-6+. The van der Waals surface area contributed by atoms with Gasteiger partial charge in [0.25, 0.3) is 6.92 Å². The molecule has 0 aromatic heterocycles. The van der Waals surface area contributed by atoms with Gasteiger partial charge in [-0.15, -0.1) is 0 Å². The molecule has 0 N–H and O–H groups in total. The molecule has 0 aliphatic heterocycles. The molecule has 0 atom stereocenters. The van der Waals surface area contributed by atoms with Crippen molar-refractivity contribution in [2.75, 3.05) is 7.11 Å². The van der Waals surface area contributed by atoms with Gasteiger partial charge in [0.15, 0.2) is 0 Å². The lowest BCUT2D eigenvalue weighted by atomic mass is 9.63. The molecule has 0 heterocycles. The van der Waals surface area contributed by atoms with Crippen LogP contribution in [0.2, 0.25) is 12.6 Å². The van der Waals surface area contributed by atoms with Gasteiger partial charge in [-0.05, 0) is 0 Å². The Kier molecular flexibility index (Phi) is 5.75. The smallest absolute Gasteiger partial charge is 0.401 e. The van der Waals surface area contributed by atoms with Gasteiger partial charge in [-0.3, -0.25) is 5.21 Å². The number of carbonyl (C=O) groups is 1. The second-order valence-corrected chi connectivity index (χ2v) is 2.48. The van der Waals surface area contributed by atoms with Gasteiger partial charge < -0.3 is 9.49 Å². The Labute approximate surface area is 78.0 Å². The van der Waals surface area contributed by atoms with Crippen LogP contribution in [0.15, 0.2) is 0 Å². The summed E-state index contributed by atoms with van der Waals surface area (Å²) in [5, 5.41) is 10.9. The molecule has 0 aromatic rings. The van der Waals surface area contributed by atoms with E-state index in [0.29, 0.717) is 0 Å². The zero-order valence-electron chi connectivity index (χ0n) is 8.15. The molecule has 5 nitrogen and oxygen atoms in total. The highest BCUT2D eigenvalue weighted by atomic mass is 16.8. The predicted molar refractivity (Wildman–Crippen MR) is 49.5 cm³/mol. The molecule has 0 spiro atoms. The largest absolute Gasteiger partial charge is 0.463 e. The molecule has 0 amide bonds. The minimum Gasteiger partial charge on any atom is -0.463 e. The molecular weight excluding hydrogens is 173 g/mol. The maximum absolute atomic E-state index is 10.9. The number of nitrogens with zero attached hydrogens (tertiary/aromatic N) is 1. The highest BCUT2D eigenvalue weighted by molar-refractivity contribution is 6.51. The minimum atomic E-state index is -0.721. The van der Waals surface area contributed by atoms with Crippen LogP contribution in [-0.2, 0) is 14.3 Å². The Bertz CT molecular complexity index is 191. The Hall–Kier alpha value is -1.20. The van der Waals surface area contributed by atoms with E-state index in [9.17, 15) is 10.0 Å². The number of esters is 1. The van der Waals surface area contributed by atoms with E-state index in [1.165, 1.54) is 7.11 Å². The average molecular weight is 187 g/mol.